The molecule has 0 aliphatic carbocycles. The molecule has 0 unspecified atom stereocenters. The molecule has 10 nitrogen and oxygen atoms in total. The molecule has 1 atom stereocenters. The van der Waals surface area contributed by atoms with Crippen molar-refractivity contribution in [1.29, 1.82) is 0 Å². The van der Waals surface area contributed by atoms with Crippen LogP contribution in [-0.2, 0) is 30.0 Å². The number of likely N-dealkylation sites (N-methyl/N-ethyl adjacent to an activating group) is 1. The standard InChI is InChI=1S/C32H51FN2O8Si/c1-32(2,3)44(5,6)43-30(25-42-31(36)35-15-17-38-19-21-39-20-18-37-16-14-34-4)24-41-29-9-7-8-28(22-29)40-23-26-10-12-27(33)13-11-26/h7-13,22,30,34H,14-21,23-25H2,1-6H3,(H,35,36)/t30-/m1/s1. The summed E-state index contributed by atoms with van der Waals surface area (Å²) in [5.74, 6) is 0.925. The first-order chi connectivity index (χ1) is 21.0. The van der Waals surface area contributed by atoms with Crippen LogP contribution in [0.15, 0.2) is 48.5 Å². The van der Waals surface area contributed by atoms with Crippen LogP contribution in [0.3, 0.4) is 0 Å². The van der Waals surface area contributed by atoms with E-state index in [4.69, 9.17) is 32.8 Å². The zero-order chi connectivity index (χ0) is 32.3. The molecule has 0 saturated carbocycles. The molecule has 248 valence electrons. The van der Waals surface area contributed by atoms with Crippen molar-refractivity contribution in [3.63, 3.8) is 0 Å². The van der Waals surface area contributed by atoms with Gasteiger partial charge in [-0.05, 0) is 55.0 Å². The maximum Gasteiger partial charge on any atom is 0.407 e. The molecular formula is C32H51FN2O8Si. The van der Waals surface area contributed by atoms with E-state index in [9.17, 15) is 9.18 Å². The third-order valence-electron chi connectivity index (χ3n) is 6.98. The minimum Gasteiger partial charge on any atom is -0.491 e. The largest absolute Gasteiger partial charge is 0.491 e. The molecule has 0 radical (unpaired) electrons. The predicted octanol–water partition coefficient (Wildman–Crippen LogP) is 5.17. The van der Waals surface area contributed by atoms with Crippen molar-refractivity contribution in [2.75, 3.05) is 73.0 Å². The number of rotatable bonds is 22. The van der Waals surface area contributed by atoms with E-state index < -0.39 is 20.5 Å². The maximum atomic E-state index is 13.2. The van der Waals surface area contributed by atoms with E-state index in [1.807, 2.05) is 25.2 Å². The molecule has 0 spiro atoms. The van der Waals surface area contributed by atoms with Gasteiger partial charge in [-0.25, -0.2) is 9.18 Å². The first-order valence-corrected chi connectivity index (χ1v) is 18.0. The van der Waals surface area contributed by atoms with Crippen LogP contribution in [0.2, 0.25) is 18.1 Å². The van der Waals surface area contributed by atoms with Gasteiger partial charge in [-0.1, -0.05) is 39.0 Å². The SMILES string of the molecule is CNCCOCCOCCOCCNC(=O)OC[C@@H](COc1cccc(OCc2ccc(F)cc2)c1)O[Si](C)(C)C(C)(C)C. The van der Waals surface area contributed by atoms with Gasteiger partial charge in [-0.2, -0.15) is 0 Å². The lowest BCUT2D eigenvalue weighted by atomic mass is 10.2. The van der Waals surface area contributed by atoms with Crippen molar-refractivity contribution in [3.05, 3.63) is 59.9 Å². The van der Waals surface area contributed by atoms with Crippen LogP contribution in [0.4, 0.5) is 9.18 Å². The van der Waals surface area contributed by atoms with E-state index in [2.05, 4.69) is 44.5 Å². The molecule has 0 aromatic heterocycles. The van der Waals surface area contributed by atoms with Crippen LogP contribution in [0.25, 0.3) is 0 Å². The highest BCUT2D eigenvalue weighted by atomic mass is 28.4. The van der Waals surface area contributed by atoms with Gasteiger partial charge in [0.25, 0.3) is 0 Å². The van der Waals surface area contributed by atoms with Gasteiger partial charge in [0.2, 0.25) is 0 Å². The highest BCUT2D eigenvalue weighted by molar-refractivity contribution is 6.74. The summed E-state index contributed by atoms with van der Waals surface area (Å²) in [6, 6.07) is 13.4. The molecule has 2 aromatic carbocycles. The lowest BCUT2D eigenvalue weighted by molar-refractivity contribution is 0.0152. The minimum atomic E-state index is -2.19. The van der Waals surface area contributed by atoms with E-state index in [0.717, 1.165) is 12.1 Å². The Morgan fingerprint density at radius 3 is 2.05 bits per heavy atom. The molecule has 0 heterocycles. The van der Waals surface area contributed by atoms with Crippen LogP contribution in [0.1, 0.15) is 26.3 Å². The van der Waals surface area contributed by atoms with Crippen molar-refractivity contribution in [3.8, 4) is 11.5 Å². The Kier molecular flexibility index (Phi) is 17.3. The Morgan fingerprint density at radius 1 is 0.841 bits per heavy atom. The van der Waals surface area contributed by atoms with Gasteiger partial charge in [0.1, 0.15) is 43.2 Å². The van der Waals surface area contributed by atoms with Gasteiger partial charge in [0.15, 0.2) is 8.32 Å². The minimum absolute atomic E-state index is 0.0319. The van der Waals surface area contributed by atoms with Crippen molar-refractivity contribution in [1.82, 2.24) is 10.6 Å². The van der Waals surface area contributed by atoms with E-state index in [1.54, 1.807) is 18.2 Å². The average Bonchev–Trinajstić information content (AvgIpc) is 2.98. The predicted molar refractivity (Wildman–Crippen MR) is 170 cm³/mol. The van der Waals surface area contributed by atoms with Crippen molar-refractivity contribution < 1.29 is 42.0 Å². The molecule has 0 aliphatic rings. The zero-order valence-electron chi connectivity index (χ0n) is 27.1. The number of alkyl carbamates (subject to hydrolysis) is 1. The quantitative estimate of drug-likeness (QED) is 0.134. The molecule has 0 fully saturated rings. The number of hydrogen-bond donors (Lipinski definition) is 2. The number of amides is 1. The second-order valence-electron chi connectivity index (χ2n) is 11.7. The third-order valence-corrected chi connectivity index (χ3v) is 11.5. The average molecular weight is 639 g/mol. The number of hydrogen-bond acceptors (Lipinski definition) is 9. The van der Waals surface area contributed by atoms with E-state index in [0.29, 0.717) is 64.3 Å². The van der Waals surface area contributed by atoms with Gasteiger partial charge in [-0.15, -0.1) is 0 Å². The molecule has 1 amide bonds. The smallest absolute Gasteiger partial charge is 0.407 e. The molecule has 2 aromatic rings. The van der Waals surface area contributed by atoms with Gasteiger partial charge in [-0.3, -0.25) is 0 Å². The summed E-state index contributed by atoms with van der Waals surface area (Å²) in [6.45, 7) is 15.3. The third kappa shape index (κ3) is 15.8. The first-order valence-electron chi connectivity index (χ1n) is 15.1. The fourth-order valence-electron chi connectivity index (χ4n) is 3.46. The van der Waals surface area contributed by atoms with Crippen LogP contribution >= 0.6 is 0 Å². The molecule has 0 bridgehead atoms. The molecule has 0 aliphatic heterocycles. The lowest BCUT2D eigenvalue weighted by Gasteiger charge is -2.39. The Hall–Kier alpha value is -2.74. The van der Waals surface area contributed by atoms with Crippen molar-refractivity contribution in [2.45, 2.75) is 51.6 Å². The summed E-state index contributed by atoms with van der Waals surface area (Å²) < 4.78 is 53.4. The van der Waals surface area contributed by atoms with Gasteiger partial charge in [0, 0.05) is 19.2 Å². The zero-order valence-corrected chi connectivity index (χ0v) is 28.1. The second-order valence-corrected chi connectivity index (χ2v) is 16.4. The summed E-state index contributed by atoms with van der Waals surface area (Å²) in [4.78, 5) is 12.4. The fourth-order valence-corrected chi connectivity index (χ4v) is 4.78. The summed E-state index contributed by atoms with van der Waals surface area (Å²) in [5.41, 5.74) is 0.855. The van der Waals surface area contributed by atoms with E-state index in [-0.39, 0.29) is 24.1 Å². The molecule has 12 heteroatoms. The van der Waals surface area contributed by atoms with Crippen LogP contribution < -0.4 is 20.1 Å². The summed E-state index contributed by atoms with van der Waals surface area (Å²) in [6.07, 6.45) is -1.02. The number of carbonyl (C=O) groups excluding carboxylic acids is 1. The number of nitrogens with one attached hydrogen (secondary N) is 2. The number of carbonyl (C=O) groups is 1. The topological polar surface area (TPSA) is 106 Å². The second kappa shape index (κ2) is 20.3. The van der Waals surface area contributed by atoms with Crippen LogP contribution in [-0.4, -0.2) is 93.5 Å². The van der Waals surface area contributed by atoms with E-state index >= 15 is 0 Å². The summed E-state index contributed by atoms with van der Waals surface area (Å²) in [7, 11) is -0.311. The molecule has 0 saturated heterocycles. The molecule has 2 N–H and O–H groups in total. The molecule has 44 heavy (non-hydrogen) atoms. The van der Waals surface area contributed by atoms with Crippen LogP contribution in [0.5, 0.6) is 11.5 Å². The molecule has 2 rings (SSSR count). The highest BCUT2D eigenvalue weighted by Crippen LogP contribution is 2.37. The Labute approximate surface area is 263 Å². The van der Waals surface area contributed by atoms with Crippen molar-refractivity contribution in [2.24, 2.45) is 0 Å². The number of benzene rings is 2. The summed E-state index contributed by atoms with van der Waals surface area (Å²) >= 11 is 0. The fraction of sp³-hybridized carbons (Fsp3) is 0.594. The van der Waals surface area contributed by atoms with Gasteiger partial charge >= 0.3 is 6.09 Å². The Morgan fingerprint density at radius 2 is 1.43 bits per heavy atom. The Balaban J connectivity index is 1.76. The first kappa shape index (κ1) is 37.4. The Bertz CT molecular complexity index is 1070. The van der Waals surface area contributed by atoms with Crippen LogP contribution in [0, 0.1) is 5.82 Å². The van der Waals surface area contributed by atoms with Gasteiger partial charge < -0.3 is 43.5 Å². The highest BCUT2D eigenvalue weighted by Gasteiger charge is 2.39. The monoisotopic (exact) mass is 638 g/mol. The normalized spacial score (nSPS) is 12.5. The maximum absolute atomic E-state index is 13.2. The lowest BCUT2D eigenvalue weighted by Crippen LogP contribution is -2.47. The number of ether oxygens (including phenoxy) is 6. The number of halogens is 1. The van der Waals surface area contributed by atoms with Crippen molar-refractivity contribution >= 4 is 14.4 Å². The van der Waals surface area contributed by atoms with Gasteiger partial charge in [0.05, 0.1) is 39.6 Å². The molecular weight excluding hydrogens is 587 g/mol. The van der Waals surface area contributed by atoms with E-state index in [1.165, 1.54) is 12.1 Å². The summed E-state index contributed by atoms with van der Waals surface area (Å²) in [5, 5.41) is 5.67.